The van der Waals surface area contributed by atoms with E-state index < -0.39 is 4.92 Å². The molecule has 6 nitrogen and oxygen atoms in total. The molecule has 1 aromatic carbocycles. The van der Waals surface area contributed by atoms with Crippen molar-refractivity contribution in [2.24, 2.45) is 5.92 Å². The molecule has 7 heteroatoms. The number of thiocarbonyl (C=S) groups is 1. The van der Waals surface area contributed by atoms with Gasteiger partial charge in [0.1, 0.15) is 0 Å². The molecular formula is C13H17N3O3S. The van der Waals surface area contributed by atoms with Gasteiger partial charge in [-0.15, -0.1) is 0 Å². The molecule has 0 saturated heterocycles. The Bertz CT molecular complexity index is 544. The van der Waals surface area contributed by atoms with Crippen molar-refractivity contribution in [3.05, 3.63) is 33.9 Å². The van der Waals surface area contributed by atoms with Crippen molar-refractivity contribution >= 4 is 34.6 Å². The Morgan fingerprint density at radius 2 is 2.10 bits per heavy atom. The van der Waals surface area contributed by atoms with Crippen LogP contribution in [0.4, 0.5) is 11.4 Å². The lowest BCUT2D eigenvalue weighted by atomic mass is 10.1. The lowest BCUT2D eigenvalue weighted by molar-refractivity contribution is -0.384. The summed E-state index contributed by atoms with van der Waals surface area (Å²) in [6.07, 6.45) is 0.371. The van der Waals surface area contributed by atoms with Gasteiger partial charge >= 0.3 is 0 Å². The van der Waals surface area contributed by atoms with Crippen molar-refractivity contribution in [1.82, 2.24) is 5.32 Å². The number of rotatable bonds is 4. The summed E-state index contributed by atoms with van der Waals surface area (Å²) in [5.41, 5.74) is 1.28. The normalized spacial score (nSPS) is 10.2. The van der Waals surface area contributed by atoms with E-state index in [1.54, 1.807) is 13.0 Å². The van der Waals surface area contributed by atoms with Crippen LogP contribution in [0.3, 0.4) is 0 Å². The first-order valence-corrected chi connectivity index (χ1v) is 6.56. The van der Waals surface area contributed by atoms with E-state index in [2.05, 4.69) is 10.6 Å². The van der Waals surface area contributed by atoms with Crippen LogP contribution in [0.2, 0.25) is 0 Å². The molecule has 2 N–H and O–H groups in total. The number of nitro groups is 1. The highest BCUT2D eigenvalue weighted by Gasteiger charge is 2.11. The van der Waals surface area contributed by atoms with Crippen LogP contribution in [0.25, 0.3) is 0 Å². The lowest BCUT2D eigenvalue weighted by Gasteiger charge is -2.12. The van der Waals surface area contributed by atoms with Gasteiger partial charge in [0.05, 0.1) is 4.92 Å². The smallest absolute Gasteiger partial charge is 0.271 e. The van der Waals surface area contributed by atoms with E-state index in [0.29, 0.717) is 12.1 Å². The third-order valence-electron chi connectivity index (χ3n) is 2.53. The number of nitrogens with one attached hydrogen (secondary N) is 2. The van der Waals surface area contributed by atoms with Crippen molar-refractivity contribution in [1.29, 1.82) is 0 Å². The fourth-order valence-corrected chi connectivity index (χ4v) is 1.78. The van der Waals surface area contributed by atoms with Crippen molar-refractivity contribution in [3.8, 4) is 0 Å². The van der Waals surface area contributed by atoms with Crippen LogP contribution < -0.4 is 10.6 Å². The van der Waals surface area contributed by atoms with Crippen LogP contribution in [0.1, 0.15) is 25.8 Å². The van der Waals surface area contributed by atoms with Gasteiger partial charge in [-0.1, -0.05) is 19.9 Å². The van der Waals surface area contributed by atoms with Gasteiger partial charge in [-0.05, 0) is 30.6 Å². The van der Waals surface area contributed by atoms with E-state index in [1.807, 2.05) is 13.8 Å². The first-order valence-electron chi connectivity index (χ1n) is 6.15. The molecule has 0 aliphatic heterocycles. The molecule has 108 valence electrons. The van der Waals surface area contributed by atoms with E-state index in [0.717, 1.165) is 5.56 Å². The second kappa shape index (κ2) is 6.95. The minimum Gasteiger partial charge on any atom is -0.332 e. The highest BCUT2D eigenvalue weighted by atomic mass is 32.1. The molecule has 0 heterocycles. The zero-order valence-corrected chi connectivity index (χ0v) is 12.4. The third-order valence-corrected chi connectivity index (χ3v) is 2.73. The Morgan fingerprint density at radius 1 is 1.45 bits per heavy atom. The minimum atomic E-state index is -0.481. The number of anilines is 1. The van der Waals surface area contributed by atoms with Gasteiger partial charge in [0.25, 0.3) is 5.69 Å². The minimum absolute atomic E-state index is 0.0330. The van der Waals surface area contributed by atoms with E-state index in [1.165, 1.54) is 12.1 Å². The number of non-ortho nitro benzene ring substituents is 1. The predicted octanol–water partition coefficient (Wildman–Crippen LogP) is 2.76. The highest BCUT2D eigenvalue weighted by molar-refractivity contribution is 7.80. The third kappa shape index (κ3) is 4.93. The molecule has 0 fully saturated rings. The molecule has 1 rings (SSSR count). The molecule has 0 bridgehead atoms. The molecule has 0 saturated carbocycles. The maximum absolute atomic E-state index is 11.6. The number of hydrogen-bond acceptors (Lipinski definition) is 4. The Morgan fingerprint density at radius 3 is 2.65 bits per heavy atom. The molecule has 1 aromatic rings. The quantitative estimate of drug-likeness (QED) is 0.507. The average molecular weight is 295 g/mol. The molecule has 1 amide bonds. The van der Waals surface area contributed by atoms with E-state index in [4.69, 9.17) is 12.2 Å². The van der Waals surface area contributed by atoms with Crippen LogP contribution >= 0.6 is 12.2 Å². The summed E-state index contributed by atoms with van der Waals surface area (Å²) in [7, 11) is 0. The van der Waals surface area contributed by atoms with Crippen LogP contribution in [-0.2, 0) is 4.79 Å². The molecule has 0 atom stereocenters. The molecule has 0 aromatic heterocycles. The lowest BCUT2D eigenvalue weighted by Crippen LogP contribution is -2.34. The second-order valence-electron chi connectivity index (χ2n) is 4.86. The zero-order chi connectivity index (χ0) is 15.3. The van der Waals surface area contributed by atoms with E-state index in [9.17, 15) is 14.9 Å². The maximum atomic E-state index is 11.6. The van der Waals surface area contributed by atoms with Gasteiger partial charge in [-0.3, -0.25) is 14.9 Å². The van der Waals surface area contributed by atoms with Crippen LogP contribution in [0.15, 0.2) is 18.2 Å². The SMILES string of the molecule is Cc1ccc([N+](=O)[O-])cc1NC(=S)NC(=O)CC(C)C. The second-order valence-corrected chi connectivity index (χ2v) is 5.26. The molecular weight excluding hydrogens is 278 g/mol. The standard InChI is InChI=1S/C13H17N3O3S/c1-8(2)6-12(17)15-13(20)14-11-7-10(16(18)19)5-4-9(11)3/h4-5,7-8H,6H2,1-3H3,(H2,14,15,17,20). The predicted molar refractivity (Wildman–Crippen MR) is 81.7 cm³/mol. The van der Waals surface area contributed by atoms with Gasteiger partial charge in [0, 0.05) is 24.2 Å². The average Bonchev–Trinajstić information content (AvgIpc) is 2.30. The van der Waals surface area contributed by atoms with Gasteiger partial charge < -0.3 is 10.6 Å². The van der Waals surface area contributed by atoms with Crippen molar-refractivity contribution in [2.45, 2.75) is 27.2 Å². The molecule has 0 radical (unpaired) electrons. The molecule has 0 aliphatic carbocycles. The highest BCUT2D eigenvalue weighted by Crippen LogP contribution is 2.21. The number of carbonyl (C=O) groups is 1. The number of amides is 1. The van der Waals surface area contributed by atoms with Crippen molar-refractivity contribution in [2.75, 3.05) is 5.32 Å². The molecule has 0 aliphatic rings. The summed E-state index contributed by atoms with van der Waals surface area (Å²) < 4.78 is 0. The topological polar surface area (TPSA) is 84.3 Å². The van der Waals surface area contributed by atoms with Gasteiger partial charge in [-0.2, -0.15) is 0 Å². The Hall–Kier alpha value is -2.02. The monoisotopic (exact) mass is 295 g/mol. The number of nitro benzene ring substituents is 1. The fraction of sp³-hybridized carbons (Fsp3) is 0.385. The largest absolute Gasteiger partial charge is 0.332 e. The van der Waals surface area contributed by atoms with Crippen molar-refractivity contribution in [3.63, 3.8) is 0 Å². The summed E-state index contributed by atoms with van der Waals surface area (Å²) in [5, 5.41) is 16.2. The van der Waals surface area contributed by atoms with Gasteiger partial charge in [0.2, 0.25) is 5.91 Å². The number of carbonyl (C=O) groups excluding carboxylic acids is 1. The summed E-state index contributed by atoms with van der Waals surface area (Å²) in [6.45, 7) is 5.66. The van der Waals surface area contributed by atoms with Gasteiger partial charge in [0.15, 0.2) is 5.11 Å². The number of nitrogens with zero attached hydrogens (tertiary/aromatic N) is 1. The van der Waals surface area contributed by atoms with Crippen LogP contribution in [0, 0.1) is 23.0 Å². The first kappa shape index (κ1) is 16.0. The van der Waals surface area contributed by atoms with Crippen molar-refractivity contribution < 1.29 is 9.72 Å². The first-order chi connectivity index (χ1) is 9.29. The molecule has 0 spiro atoms. The summed E-state index contributed by atoms with van der Waals surface area (Å²) in [5.74, 6) is 0.0536. The number of hydrogen-bond donors (Lipinski definition) is 2. The maximum Gasteiger partial charge on any atom is 0.271 e. The van der Waals surface area contributed by atoms with Crippen LogP contribution in [-0.4, -0.2) is 15.9 Å². The Kier molecular flexibility index (Phi) is 5.57. The number of benzene rings is 1. The summed E-state index contributed by atoms with van der Waals surface area (Å²) >= 11 is 5.02. The molecule has 20 heavy (non-hydrogen) atoms. The van der Waals surface area contributed by atoms with Crippen LogP contribution in [0.5, 0.6) is 0 Å². The summed E-state index contributed by atoms with van der Waals surface area (Å²) in [4.78, 5) is 21.8. The van der Waals surface area contributed by atoms with E-state index >= 15 is 0 Å². The number of aryl methyl sites for hydroxylation is 1. The molecule has 0 unspecified atom stereocenters. The van der Waals surface area contributed by atoms with Gasteiger partial charge in [-0.25, -0.2) is 0 Å². The summed E-state index contributed by atoms with van der Waals surface area (Å²) in [6, 6.07) is 4.43. The fourth-order valence-electron chi connectivity index (χ4n) is 1.56. The Labute approximate surface area is 122 Å². The zero-order valence-electron chi connectivity index (χ0n) is 11.6. The Balaban J connectivity index is 2.73. The van der Waals surface area contributed by atoms with E-state index in [-0.39, 0.29) is 22.6 Å².